The minimum absolute atomic E-state index is 0. The molecule has 7 nitrogen and oxygen atoms in total. The molecule has 0 aliphatic carbocycles. The van der Waals surface area contributed by atoms with Gasteiger partial charge >= 0.3 is 0 Å². The second kappa shape index (κ2) is 8.00. The van der Waals surface area contributed by atoms with Crippen molar-refractivity contribution in [3.63, 3.8) is 0 Å². The van der Waals surface area contributed by atoms with Gasteiger partial charge in [-0.05, 0) is 17.7 Å². The highest BCUT2D eigenvalue weighted by atomic mass is 35.5. The van der Waals surface area contributed by atoms with Gasteiger partial charge in [-0.2, -0.15) is 0 Å². The zero-order valence-electron chi connectivity index (χ0n) is 14.6. The molecule has 3 aromatic rings. The average molecular weight is 419 g/mol. The van der Waals surface area contributed by atoms with Crippen molar-refractivity contribution in [1.29, 1.82) is 0 Å². The molecule has 144 valence electrons. The summed E-state index contributed by atoms with van der Waals surface area (Å²) < 4.78 is 1.59. The fourth-order valence-corrected chi connectivity index (χ4v) is 3.37. The number of carbonyl (C=O) groups is 1. The molecule has 0 spiro atoms. The minimum Gasteiger partial charge on any atom is -0.503 e. The summed E-state index contributed by atoms with van der Waals surface area (Å²) in [7, 11) is 0. The predicted octanol–water partition coefficient (Wildman–Crippen LogP) is 2.74. The van der Waals surface area contributed by atoms with Crippen LogP contribution in [0.4, 0.5) is 0 Å². The van der Waals surface area contributed by atoms with Gasteiger partial charge in [0.2, 0.25) is 5.43 Å². The summed E-state index contributed by atoms with van der Waals surface area (Å²) in [4.78, 5) is 35.1. The maximum Gasteiger partial charge on any atom is 0.274 e. The van der Waals surface area contributed by atoms with E-state index in [9.17, 15) is 14.7 Å². The molecule has 1 aliphatic rings. The van der Waals surface area contributed by atoms with E-state index in [1.54, 1.807) is 27.8 Å². The van der Waals surface area contributed by atoms with E-state index in [2.05, 4.69) is 9.97 Å². The van der Waals surface area contributed by atoms with Crippen LogP contribution in [-0.2, 0) is 13.1 Å². The van der Waals surface area contributed by atoms with Gasteiger partial charge in [0.05, 0.1) is 17.5 Å². The zero-order chi connectivity index (χ0) is 19.0. The van der Waals surface area contributed by atoms with Crippen LogP contribution in [0.5, 0.6) is 5.75 Å². The number of rotatable bonds is 3. The third-order valence-corrected chi connectivity index (χ3v) is 4.69. The number of aromatic nitrogens is 3. The van der Waals surface area contributed by atoms with Gasteiger partial charge in [0.15, 0.2) is 11.4 Å². The highest BCUT2D eigenvalue weighted by molar-refractivity contribution is 6.30. The first-order valence-electron chi connectivity index (χ1n) is 8.31. The van der Waals surface area contributed by atoms with Crippen molar-refractivity contribution in [2.75, 3.05) is 6.54 Å². The minimum atomic E-state index is -0.639. The third-order valence-electron chi connectivity index (χ3n) is 4.46. The Morgan fingerprint density at radius 1 is 1.18 bits per heavy atom. The number of amides is 1. The lowest BCUT2D eigenvalue weighted by molar-refractivity contribution is 0.0683. The molecule has 1 amide bonds. The Balaban J connectivity index is 0.00000225. The fraction of sp³-hybridized carbons (Fsp3) is 0.158. The molecular weight excluding hydrogens is 403 g/mol. The average Bonchev–Trinajstić information content (AvgIpc) is 2.67. The van der Waals surface area contributed by atoms with E-state index in [1.807, 2.05) is 12.1 Å². The molecule has 0 fully saturated rings. The largest absolute Gasteiger partial charge is 0.503 e. The molecule has 1 aromatic carbocycles. The molecule has 3 heterocycles. The van der Waals surface area contributed by atoms with Crippen LogP contribution < -0.4 is 5.43 Å². The SMILES string of the molecule is Cl.O=C1c2c(O)c(=O)c(-c3cnccn3)cn2CCN1Cc1cccc(Cl)c1. The predicted molar refractivity (Wildman–Crippen MR) is 107 cm³/mol. The summed E-state index contributed by atoms with van der Waals surface area (Å²) in [6.45, 7) is 1.24. The number of fused-ring (bicyclic) bond motifs is 1. The molecule has 0 bridgehead atoms. The summed E-state index contributed by atoms with van der Waals surface area (Å²) >= 11 is 6.00. The number of benzene rings is 1. The zero-order valence-corrected chi connectivity index (χ0v) is 16.2. The second-order valence-electron chi connectivity index (χ2n) is 6.21. The number of pyridine rings is 1. The van der Waals surface area contributed by atoms with E-state index in [-0.39, 0.29) is 23.7 Å². The molecule has 0 saturated carbocycles. The smallest absolute Gasteiger partial charge is 0.274 e. The van der Waals surface area contributed by atoms with Crippen LogP contribution >= 0.6 is 24.0 Å². The van der Waals surface area contributed by atoms with Gasteiger partial charge in [-0.1, -0.05) is 23.7 Å². The molecule has 0 radical (unpaired) electrons. The Kier molecular flexibility index (Phi) is 5.67. The first kappa shape index (κ1) is 19.9. The lowest BCUT2D eigenvalue weighted by atomic mass is 10.1. The van der Waals surface area contributed by atoms with Gasteiger partial charge in [0, 0.05) is 43.2 Å². The quantitative estimate of drug-likeness (QED) is 0.706. The van der Waals surface area contributed by atoms with E-state index in [1.165, 1.54) is 18.6 Å². The van der Waals surface area contributed by atoms with Crippen LogP contribution in [0, 0.1) is 0 Å². The standard InChI is InChI=1S/C19H15ClN4O3.ClH/c20-13-3-1-2-12(8-13)10-24-7-6-23-11-14(15-9-21-4-5-22-15)17(25)18(26)16(23)19(24)27;/h1-5,8-9,11,26H,6-7,10H2;1H. The van der Waals surface area contributed by atoms with E-state index >= 15 is 0 Å². The summed E-state index contributed by atoms with van der Waals surface area (Å²) in [6.07, 6.45) is 5.96. The van der Waals surface area contributed by atoms with Crippen LogP contribution in [0.25, 0.3) is 11.3 Å². The Morgan fingerprint density at radius 2 is 2.00 bits per heavy atom. The maximum absolute atomic E-state index is 12.9. The van der Waals surface area contributed by atoms with E-state index < -0.39 is 17.1 Å². The Hall–Kier alpha value is -2.90. The van der Waals surface area contributed by atoms with Gasteiger partial charge < -0.3 is 14.6 Å². The molecular formula is C19H16Cl2N4O3. The first-order chi connectivity index (χ1) is 13.0. The summed E-state index contributed by atoms with van der Waals surface area (Å²) in [6, 6.07) is 7.23. The van der Waals surface area contributed by atoms with Crippen molar-refractivity contribution in [2.24, 2.45) is 0 Å². The van der Waals surface area contributed by atoms with Crippen LogP contribution in [0.3, 0.4) is 0 Å². The summed E-state index contributed by atoms with van der Waals surface area (Å²) in [5, 5.41) is 11.0. The van der Waals surface area contributed by atoms with Crippen molar-refractivity contribution in [3.8, 4) is 17.0 Å². The molecule has 0 atom stereocenters. The van der Waals surface area contributed by atoms with Crippen molar-refractivity contribution in [3.05, 3.63) is 75.6 Å². The number of carbonyl (C=O) groups excluding carboxylic acids is 1. The fourth-order valence-electron chi connectivity index (χ4n) is 3.16. The molecule has 0 saturated heterocycles. The van der Waals surface area contributed by atoms with Gasteiger partial charge in [0.25, 0.3) is 5.91 Å². The summed E-state index contributed by atoms with van der Waals surface area (Å²) in [5.74, 6) is -0.972. The Labute approximate surface area is 171 Å². The number of aromatic hydroxyl groups is 1. The normalized spacial score (nSPS) is 13.0. The van der Waals surface area contributed by atoms with Crippen LogP contribution in [0.2, 0.25) is 5.02 Å². The van der Waals surface area contributed by atoms with Crippen LogP contribution in [-0.4, -0.2) is 37.0 Å². The number of halogens is 2. The van der Waals surface area contributed by atoms with Gasteiger partial charge in [0.1, 0.15) is 0 Å². The van der Waals surface area contributed by atoms with Crippen molar-refractivity contribution < 1.29 is 9.90 Å². The van der Waals surface area contributed by atoms with Crippen molar-refractivity contribution in [1.82, 2.24) is 19.4 Å². The summed E-state index contributed by atoms with van der Waals surface area (Å²) in [5.41, 5.74) is 0.783. The van der Waals surface area contributed by atoms with Crippen molar-refractivity contribution >= 4 is 29.9 Å². The highest BCUT2D eigenvalue weighted by Crippen LogP contribution is 2.25. The molecule has 2 aromatic heterocycles. The molecule has 4 rings (SSSR count). The maximum atomic E-state index is 12.9. The van der Waals surface area contributed by atoms with Gasteiger partial charge in [-0.15, -0.1) is 12.4 Å². The second-order valence-corrected chi connectivity index (χ2v) is 6.65. The van der Waals surface area contributed by atoms with Gasteiger partial charge in [-0.25, -0.2) is 0 Å². The molecule has 0 unspecified atom stereocenters. The lowest BCUT2D eigenvalue weighted by Crippen LogP contribution is -2.41. The van der Waals surface area contributed by atoms with E-state index in [0.29, 0.717) is 30.4 Å². The monoisotopic (exact) mass is 418 g/mol. The Morgan fingerprint density at radius 3 is 2.71 bits per heavy atom. The van der Waals surface area contributed by atoms with Crippen molar-refractivity contribution in [2.45, 2.75) is 13.1 Å². The molecule has 1 N–H and O–H groups in total. The van der Waals surface area contributed by atoms with Crippen LogP contribution in [0.1, 0.15) is 16.1 Å². The highest BCUT2D eigenvalue weighted by Gasteiger charge is 2.30. The third kappa shape index (κ3) is 3.58. The van der Waals surface area contributed by atoms with Crippen LogP contribution in [0.15, 0.2) is 53.8 Å². The molecule has 28 heavy (non-hydrogen) atoms. The Bertz CT molecular complexity index is 1090. The van der Waals surface area contributed by atoms with E-state index in [0.717, 1.165) is 5.56 Å². The number of nitrogens with zero attached hydrogens (tertiary/aromatic N) is 4. The van der Waals surface area contributed by atoms with Gasteiger partial charge in [-0.3, -0.25) is 19.6 Å². The number of hydrogen-bond acceptors (Lipinski definition) is 5. The topological polar surface area (TPSA) is 88.3 Å². The molecule has 9 heteroatoms. The molecule has 1 aliphatic heterocycles. The number of hydrogen-bond donors (Lipinski definition) is 1. The van der Waals surface area contributed by atoms with E-state index in [4.69, 9.17) is 11.6 Å². The lowest BCUT2D eigenvalue weighted by Gasteiger charge is -2.30. The first-order valence-corrected chi connectivity index (χ1v) is 8.69.